The number of fused-ring (bicyclic) bond motifs is 4. The van der Waals surface area contributed by atoms with Gasteiger partial charge in [0.25, 0.3) is 0 Å². The van der Waals surface area contributed by atoms with Crippen molar-refractivity contribution in [1.82, 2.24) is 25.6 Å². The lowest BCUT2D eigenvalue weighted by molar-refractivity contribution is 0.115. The van der Waals surface area contributed by atoms with Crippen LogP contribution in [-0.4, -0.2) is 33.0 Å². The summed E-state index contributed by atoms with van der Waals surface area (Å²) >= 11 is 1.50. The fourth-order valence-electron chi connectivity index (χ4n) is 5.33. The Hall–Kier alpha value is -2.58. The second-order valence-corrected chi connectivity index (χ2v) is 9.86. The molecule has 31 heavy (non-hydrogen) atoms. The van der Waals surface area contributed by atoms with Crippen molar-refractivity contribution in [1.29, 1.82) is 0 Å². The molecule has 3 N–H and O–H groups in total. The zero-order valence-corrected chi connectivity index (χ0v) is 18.2. The number of H-pyrrole nitrogens is 1. The first kappa shape index (κ1) is 19.1. The van der Waals surface area contributed by atoms with Gasteiger partial charge in [-0.05, 0) is 49.5 Å². The molecule has 2 unspecified atom stereocenters. The van der Waals surface area contributed by atoms with Crippen LogP contribution in [0.25, 0.3) is 16.9 Å². The second-order valence-electron chi connectivity index (χ2n) is 8.91. The van der Waals surface area contributed by atoms with Crippen LogP contribution in [0.15, 0.2) is 40.7 Å². The monoisotopic (exact) mass is 436 g/mol. The van der Waals surface area contributed by atoms with Gasteiger partial charge in [-0.2, -0.15) is 0 Å². The number of rotatable bonds is 4. The second kappa shape index (κ2) is 7.53. The van der Waals surface area contributed by atoms with Crippen molar-refractivity contribution in [2.45, 2.75) is 51.2 Å². The number of aliphatic imine (C=N–C) groups is 1. The van der Waals surface area contributed by atoms with Crippen molar-refractivity contribution in [2.75, 3.05) is 0 Å². The minimum atomic E-state index is -0.600. The largest absolute Gasteiger partial charge is 0.348 e. The molecule has 4 aliphatic rings. The topological polar surface area (TPSA) is 78.0 Å². The number of amidine groups is 1. The minimum Gasteiger partial charge on any atom is -0.348 e. The highest BCUT2D eigenvalue weighted by atomic mass is 32.1. The van der Waals surface area contributed by atoms with Gasteiger partial charge in [-0.25, -0.2) is 19.4 Å². The van der Waals surface area contributed by atoms with Crippen LogP contribution in [0.4, 0.5) is 4.39 Å². The van der Waals surface area contributed by atoms with Crippen LogP contribution in [0, 0.1) is 18.8 Å². The van der Waals surface area contributed by atoms with Crippen molar-refractivity contribution in [2.24, 2.45) is 16.8 Å². The molecular weight excluding hydrogens is 411 g/mol. The number of nitrogens with zero attached hydrogens (tertiary/aromatic N) is 3. The summed E-state index contributed by atoms with van der Waals surface area (Å²) in [7, 11) is 0. The molecule has 0 aromatic carbocycles. The van der Waals surface area contributed by atoms with E-state index < -0.39 is 6.17 Å². The van der Waals surface area contributed by atoms with Gasteiger partial charge in [0.15, 0.2) is 11.5 Å². The van der Waals surface area contributed by atoms with Crippen LogP contribution in [0.3, 0.4) is 0 Å². The number of halogens is 1. The summed E-state index contributed by atoms with van der Waals surface area (Å²) in [6.07, 6.45) is 9.25. The fourth-order valence-corrected chi connectivity index (χ4v) is 6.04. The van der Waals surface area contributed by atoms with E-state index in [4.69, 9.17) is 4.99 Å². The Kier molecular flexibility index (Phi) is 4.65. The fraction of sp³-hybridized carbons (Fsp3) is 0.435. The highest BCUT2D eigenvalue weighted by Crippen LogP contribution is 2.42. The third-order valence-electron chi connectivity index (χ3n) is 6.92. The first-order valence-electron chi connectivity index (χ1n) is 11.0. The van der Waals surface area contributed by atoms with Crippen molar-refractivity contribution in [3.8, 4) is 0 Å². The van der Waals surface area contributed by atoms with E-state index in [2.05, 4.69) is 25.6 Å². The van der Waals surface area contributed by atoms with Crippen LogP contribution < -0.4 is 10.6 Å². The molecule has 0 amide bonds. The lowest BCUT2D eigenvalue weighted by Crippen LogP contribution is -2.56. The molecule has 4 heterocycles. The molecule has 3 aromatic heterocycles. The van der Waals surface area contributed by atoms with Gasteiger partial charge in [0.1, 0.15) is 23.2 Å². The molecule has 0 saturated heterocycles. The molecule has 3 aromatic rings. The van der Waals surface area contributed by atoms with Gasteiger partial charge in [-0.1, -0.05) is 18.9 Å². The summed E-state index contributed by atoms with van der Waals surface area (Å²) in [6, 6.07) is 4.19. The van der Waals surface area contributed by atoms with Gasteiger partial charge in [-0.15, -0.1) is 11.3 Å². The summed E-state index contributed by atoms with van der Waals surface area (Å²) in [5.74, 6) is 1.78. The minimum absolute atomic E-state index is 0.241. The predicted octanol–water partition coefficient (Wildman–Crippen LogP) is 4.51. The molecule has 2 bridgehead atoms. The highest BCUT2D eigenvalue weighted by molar-refractivity contribution is 7.11. The highest BCUT2D eigenvalue weighted by Gasteiger charge is 2.38. The predicted molar refractivity (Wildman–Crippen MR) is 121 cm³/mol. The zero-order valence-electron chi connectivity index (χ0n) is 17.4. The third-order valence-corrected chi connectivity index (χ3v) is 7.80. The van der Waals surface area contributed by atoms with E-state index in [1.54, 1.807) is 6.20 Å². The maximum absolute atomic E-state index is 15.7. The van der Waals surface area contributed by atoms with Crippen molar-refractivity contribution in [3.05, 3.63) is 51.9 Å². The molecule has 8 heteroatoms. The normalized spacial score (nSPS) is 28.1. The first-order chi connectivity index (χ1) is 15.2. The molecular formula is C23H25FN6S. The lowest BCUT2D eigenvalue weighted by Gasteiger charge is -2.44. The maximum Gasteiger partial charge on any atom is 0.164 e. The molecule has 160 valence electrons. The molecule has 3 aliphatic carbocycles. The van der Waals surface area contributed by atoms with Gasteiger partial charge in [0, 0.05) is 12.2 Å². The number of aromatic amines is 1. The van der Waals surface area contributed by atoms with Crippen molar-refractivity contribution < 1.29 is 4.39 Å². The average Bonchev–Trinajstić information content (AvgIpc) is 3.46. The van der Waals surface area contributed by atoms with Gasteiger partial charge >= 0.3 is 0 Å². The average molecular weight is 437 g/mol. The van der Waals surface area contributed by atoms with E-state index in [-0.39, 0.29) is 5.83 Å². The summed E-state index contributed by atoms with van der Waals surface area (Å²) in [4.78, 5) is 17.8. The Morgan fingerprint density at radius 2 is 2.10 bits per heavy atom. The van der Waals surface area contributed by atoms with Crippen molar-refractivity contribution >= 4 is 34.0 Å². The summed E-state index contributed by atoms with van der Waals surface area (Å²) in [5.41, 5.74) is 3.49. The van der Waals surface area contributed by atoms with Crippen LogP contribution in [0.2, 0.25) is 0 Å². The molecule has 0 spiro atoms. The Morgan fingerprint density at radius 3 is 2.84 bits per heavy atom. The molecule has 2 atom stereocenters. The van der Waals surface area contributed by atoms with E-state index in [1.807, 2.05) is 30.6 Å². The number of aryl methyl sites for hydroxylation is 1. The SMILES string of the molecule is Cc1cnc2[nH]cc(C3=NC(c4cccs4)=C(F)C(NC4CC5CCC4CC5)N3)c2n1. The van der Waals surface area contributed by atoms with Gasteiger partial charge in [-0.3, -0.25) is 5.32 Å². The standard InChI is InChI=1S/C23H25FN6S/c1-12-10-25-23-19(27-12)15(11-26-23)21-29-20(17-3-2-8-31-17)18(24)22(30-21)28-16-9-13-4-6-14(16)7-5-13/h2-3,8,10-11,13-14,16,22,28H,4-7,9H2,1H3,(H,25,26)(H,29,30). The van der Waals surface area contributed by atoms with Crippen LogP contribution >= 0.6 is 11.3 Å². The van der Waals surface area contributed by atoms with E-state index in [9.17, 15) is 0 Å². The van der Waals surface area contributed by atoms with Crippen LogP contribution in [0.5, 0.6) is 0 Å². The molecule has 7 rings (SSSR count). The summed E-state index contributed by atoms with van der Waals surface area (Å²) < 4.78 is 15.7. The number of hydrogen-bond donors (Lipinski definition) is 3. The summed E-state index contributed by atoms with van der Waals surface area (Å²) in [6.45, 7) is 1.92. The Labute approximate surface area is 184 Å². The number of hydrogen-bond acceptors (Lipinski definition) is 6. The van der Waals surface area contributed by atoms with E-state index >= 15 is 4.39 Å². The van der Waals surface area contributed by atoms with Gasteiger partial charge in [0.2, 0.25) is 0 Å². The molecule has 6 nitrogen and oxygen atoms in total. The third kappa shape index (κ3) is 3.38. The van der Waals surface area contributed by atoms with Crippen molar-refractivity contribution in [3.63, 3.8) is 0 Å². The number of aromatic nitrogens is 3. The Bertz CT molecular complexity index is 1170. The molecule has 3 fully saturated rings. The number of nitrogens with one attached hydrogen (secondary N) is 3. The maximum atomic E-state index is 15.7. The van der Waals surface area contributed by atoms with Crippen LogP contribution in [0.1, 0.15) is 48.2 Å². The Balaban J connectivity index is 1.39. The van der Waals surface area contributed by atoms with E-state index in [0.717, 1.165) is 34.0 Å². The molecule has 0 radical (unpaired) electrons. The summed E-state index contributed by atoms with van der Waals surface area (Å²) in [5, 5.41) is 8.91. The van der Waals surface area contributed by atoms with E-state index in [1.165, 1.54) is 37.0 Å². The zero-order chi connectivity index (χ0) is 20.9. The quantitative estimate of drug-likeness (QED) is 0.562. The Morgan fingerprint density at radius 1 is 1.23 bits per heavy atom. The van der Waals surface area contributed by atoms with Gasteiger partial charge in [0.05, 0.1) is 22.3 Å². The molecule has 3 saturated carbocycles. The van der Waals surface area contributed by atoms with Gasteiger partial charge < -0.3 is 10.3 Å². The lowest BCUT2D eigenvalue weighted by atomic mass is 9.68. The first-order valence-corrected chi connectivity index (χ1v) is 11.9. The van der Waals surface area contributed by atoms with Crippen LogP contribution in [-0.2, 0) is 0 Å². The van der Waals surface area contributed by atoms with E-state index in [0.29, 0.717) is 29.1 Å². The molecule has 1 aliphatic heterocycles. The smallest absolute Gasteiger partial charge is 0.164 e. The number of thiophene rings is 1.